The summed E-state index contributed by atoms with van der Waals surface area (Å²) in [6.07, 6.45) is 3.95. The van der Waals surface area contributed by atoms with Crippen LogP contribution in [0.15, 0.2) is 18.2 Å². The van der Waals surface area contributed by atoms with Crippen molar-refractivity contribution in [2.24, 2.45) is 5.92 Å². The molecule has 0 aliphatic heterocycles. The summed E-state index contributed by atoms with van der Waals surface area (Å²) >= 11 is 0. The fourth-order valence-electron chi connectivity index (χ4n) is 2.68. The van der Waals surface area contributed by atoms with Gasteiger partial charge in [0.05, 0.1) is 14.2 Å². The molecule has 3 nitrogen and oxygen atoms in total. The molecule has 0 amide bonds. The molecule has 0 spiro atoms. The molecular weight excluding hydrogens is 238 g/mol. The van der Waals surface area contributed by atoms with E-state index in [2.05, 4.69) is 31.3 Å². The molecule has 0 radical (unpaired) electrons. The molecule has 3 atom stereocenters. The van der Waals surface area contributed by atoms with Crippen molar-refractivity contribution in [3.63, 3.8) is 0 Å². The van der Waals surface area contributed by atoms with Crippen molar-refractivity contribution in [2.75, 3.05) is 14.2 Å². The maximum atomic E-state index is 5.35. The third-order valence-corrected chi connectivity index (χ3v) is 3.95. The Hall–Kier alpha value is -1.22. The van der Waals surface area contributed by atoms with Crippen LogP contribution in [0.3, 0.4) is 0 Å². The number of benzene rings is 1. The van der Waals surface area contributed by atoms with E-state index >= 15 is 0 Å². The smallest absolute Gasteiger partial charge is 0.161 e. The lowest BCUT2D eigenvalue weighted by Gasteiger charge is -2.16. The maximum absolute atomic E-state index is 5.35. The van der Waals surface area contributed by atoms with Gasteiger partial charge in [0, 0.05) is 12.1 Å². The SMILES string of the molecule is CCCC1CC1NC(C)c1ccc(OC)c(OC)c1. The summed E-state index contributed by atoms with van der Waals surface area (Å²) < 4.78 is 10.6. The number of nitrogens with one attached hydrogen (secondary N) is 1. The van der Waals surface area contributed by atoms with Gasteiger partial charge >= 0.3 is 0 Å². The monoisotopic (exact) mass is 263 g/mol. The van der Waals surface area contributed by atoms with E-state index in [0.717, 1.165) is 17.4 Å². The molecule has 1 aromatic rings. The van der Waals surface area contributed by atoms with Crippen LogP contribution in [-0.4, -0.2) is 20.3 Å². The Balaban J connectivity index is 1.97. The number of hydrogen-bond acceptors (Lipinski definition) is 3. The predicted molar refractivity (Wildman–Crippen MR) is 77.9 cm³/mol. The van der Waals surface area contributed by atoms with Gasteiger partial charge in [0.15, 0.2) is 11.5 Å². The minimum Gasteiger partial charge on any atom is -0.493 e. The van der Waals surface area contributed by atoms with E-state index in [1.54, 1.807) is 14.2 Å². The predicted octanol–water partition coefficient (Wildman–Crippen LogP) is 3.54. The highest BCUT2D eigenvalue weighted by Crippen LogP contribution is 2.37. The molecule has 3 heteroatoms. The normalized spacial score (nSPS) is 22.9. The van der Waals surface area contributed by atoms with Gasteiger partial charge in [-0.1, -0.05) is 19.4 Å². The number of hydrogen-bond donors (Lipinski definition) is 1. The second-order valence-corrected chi connectivity index (χ2v) is 5.39. The molecule has 19 heavy (non-hydrogen) atoms. The van der Waals surface area contributed by atoms with Gasteiger partial charge in [-0.2, -0.15) is 0 Å². The van der Waals surface area contributed by atoms with Crippen molar-refractivity contribution in [2.45, 2.75) is 45.2 Å². The molecule has 1 saturated carbocycles. The summed E-state index contributed by atoms with van der Waals surface area (Å²) in [5.41, 5.74) is 1.25. The summed E-state index contributed by atoms with van der Waals surface area (Å²) in [7, 11) is 3.34. The van der Waals surface area contributed by atoms with Gasteiger partial charge in [0.25, 0.3) is 0 Å². The largest absolute Gasteiger partial charge is 0.493 e. The minimum absolute atomic E-state index is 0.353. The zero-order valence-corrected chi connectivity index (χ0v) is 12.4. The molecule has 0 heterocycles. The van der Waals surface area contributed by atoms with Gasteiger partial charge in [-0.15, -0.1) is 0 Å². The van der Waals surface area contributed by atoms with Crippen molar-refractivity contribution in [3.8, 4) is 11.5 Å². The fourth-order valence-corrected chi connectivity index (χ4v) is 2.68. The molecule has 1 fully saturated rings. The molecule has 1 aliphatic carbocycles. The van der Waals surface area contributed by atoms with Crippen LogP contribution in [0, 0.1) is 5.92 Å². The van der Waals surface area contributed by atoms with Gasteiger partial charge in [0.1, 0.15) is 0 Å². The van der Waals surface area contributed by atoms with E-state index in [9.17, 15) is 0 Å². The third kappa shape index (κ3) is 3.41. The van der Waals surface area contributed by atoms with Gasteiger partial charge < -0.3 is 14.8 Å². The Labute approximate surface area is 116 Å². The van der Waals surface area contributed by atoms with Crippen LogP contribution in [0.1, 0.15) is 44.7 Å². The summed E-state index contributed by atoms with van der Waals surface area (Å²) in [5, 5.41) is 3.70. The molecule has 3 unspecified atom stereocenters. The van der Waals surface area contributed by atoms with Gasteiger partial charge in [0.2, 0.25) is 0 Å². The van der Waals surface area contributed by atoms with E-state index in [1.165, 1.54) is 24.8 Å². The van der Waals surface area contributed by atoms with E-state index < -0.39 is 0 Å². The molecule has 0 aromatic heterocycles. The van der Waals surface area contributed by atoms with E-state index in [-0.39, 0.29) is 0 Å². The first-order valence-corrected chi connectivity index (χ1v) is 7.17. The zero-order chi connectivity index (χ0) is 13.8. The molecule has 1 aromatic carbocycles. The second kappa shape index (κ2) is 6.29. The first-order valence-electron chi connectivity index (χ1n) is 7.17. The fraction of sp³-hybridized carbons (Fsp3) is 0.625. The van der Waals surface area contributed by atoms with Crippen LogP contribution in [0.5, 0.6) is 11.5 Å². The second-order valence-electron chi connectivity index (χ2n) is 5.39. The lowest BCUT2D eigenvalue weighted by molar-refractivity contribution is 0.354. The van der Waals surface area contributed by atoms with Crippen molar-refractivity contribution < 1.29 is 9.47 Å². The van der Waals surface area contributed by atoms with Crippen molar-refractivity contribution in [3.05, 3.63) is 23.8 Å². The Morgan fingerprint density at radius 3 is 2.63 bits per heavy atom. The third-order valence-electron chi connectivity index (χ3n) is 3.95. The van der Waals surface area contributed by atoms with Gasteiger partial charge in [-0.25, -0.2) is 0 Å². The maximum Gasteiger partial charge on any atom is 0.161 e. The quantitative estimate of drug-likeness (QED) is 0.816. The molecule has 1 N–H and O–H groups in total. The molecule has 0 saturated heterocycles. The van der Waals surface area contributed by atoms with Crippen LogP contribution >= 0.6 is 0 Å². The molecular formula is C16H25NO2. The summed E-state index contributed by atoms with van der Waals surface area (Å²) in [6, 6.07) is 7.20. The van der Waals surface area contributed by atoms with Crippen LogP contribution in [0.4, 0.5) is 0 Å². The van der Waals surface area contributed by atoms with Crippen LogP contribution in [0.25, 0.3) is 0 Å². The highest BCUT2D eigenvalue weighted by molar-refractivity contribution is 5.43. The Morgan fingerprint density at radius 1 is 1.26 bits per heavy atom. The van der Waals surface area contributed by atoms with E-state index in [0.29, 0.717) is 12.1 Å². The average molecular weight is 263 g/mol. The number of methoxy groups -OCH3 is 2. The Kier molecular flexibility index (Phi) is 4.70. The average Bonchev–Trinajstić information content (AvgIpc) is 3.16. The standard InChI is InChI=1S/C16H25NO2/c1-5-6-13-9-14(13)17-11(2)12-7-8-15(18-3)16(10-12)19-4/h7-8,10-11,13-14,17H,5-6,9H2,1-4H3. The Bertz CT molecular complexity index is 419. The number of rotatable bonds is 7. The lowest BCUT2D eigenvalue weighted by atomic mass is 10.1. The van der Waals surface area contributed by atoms with Crippen LogP contribution in [-0.2, 0) is 0 Å². The first kappa shape index (κ1) is 14.2. The molecule has 2 rings (SSSR count). The van der Waals surface area contributed by atoms with Gasteiger partial charge in [-0.3, -0.25) is 0 Å². The molecule has 0 bridgehead atoms. The lowest BCUT2D eigenvalue weighted by Crippen LogP contribution is -2.22. The Morgan fingerprint density at radius 2 is 2.00 bits per heavy atom. The summed E-state index contributed by atoms with van der Waals surface area (Å²) in [5.74, 6) is 2.47. The van der Waals surface area contributed by atoms with Crippen molar-refractivity contribution in [1.29, 1.82) is 0 Å². The van der Waals surface area contributed by atoms with E-state index in [4.69, 9.17) is 9.47 Å². The van der Waals surface area contributed by atoms with Crippen molar-refractivity contribution >= 4 is 0 Å². The zero-order valence-electron chi connectivity index (χ0n) is 12.4. The van der Waals surface area contributed by atoms with Gasteiger partial charge in [-0.05, 0) is 43.4 Å². The van der Waals surface area contributed by atoms with Crippen LogP contribution in [0.2, 0.25) is 0 Å². The first-order chi connectivity index (χ1) is 9.19. The summed E-state index contributed by atoms with van der Waals surface area (Å²) in [6.45, 7) is 4.47. The highest BCUT2D eigenvalue weighted by Gasteiger charge is 2.36. The van der Waals surface area contributed by atoms with Crippen molar-refractivity contribution in [1.82, 2.24) is 5.32 Å². The molecule has 1 aliphatic rings. The molecule has 106 valence electrons. The minimum atomic E-state index is 0.353. The highest BCUT2D eigenvalue weighted by atomic mass is 16.5. The van der Waals surface area contributed by atoms with E-state index in [1.807, 2.05) is 6.07 Å². The topological polar surface area (TPSA) is 30.5 Å². The number of ether oxygens (including phenoxy) is 2. The van der Waals surface area contributed by atoms with Crippen LogP contribution < -0.4 is 14.8 Å². The summed E-state index contributed by atoms with van der Waals surface area (Å²) in [4.78, 5) is 0.